The molecule has 0 spiro atoms. The van der Waals surface area contributed by atoms with Crippen molar-refractivity contribution in [1.82, 2.24) is 0 Å². The third kappa shape index (κ3) is 2.80. The summed E-state index contributed by atoms with van der Waals surface area (Å²) in [6.45, 7) is 1.79. The van der Waals surface area contributed by atoms with Crippen molar-refractivity contribution in [2.75, 3.05) is 6.61 Å². The molecule has 0 unspecified atom stereocenters. The summed E-state index contributed by atoms with van der Waals surface area (Å²) in [7, 11) is 0. The van der Waals surface area contributed by atoms with Crippen LogP contribution in [0.15, 0.2) is 47.2 Å². The topological polar surface area (TPSA) is 99.9 Å². The zero-order valence-corrected chi connectivity index (χ0v) is 15.8. The van der Waals surface area contributed by atoms with E-state index in [2.05, 4.69) is 12.1 Å². The van der Waals surface area contributed by atoms with Gasteiger partial charge in [0.2, 0.25) is 5.41 Å². The van der Waals surface area contributed by atoms with Gasteiger partial charge in [-0.15, -0.1) is 0 Å². The molecule has 5 nitrogen and oxygen atoms in total. The second-order valence-corrected chi connectivity index (χ2v) is 7.14. The zero-order chi connectivity index (χ0) is 19.6. The molecule has 1 aromatic rings. The number of carbonyl (C=O) groups is 1. The van der Waals surface area contributed by atoms with E-state index in [0.717, 1.165) is 24.8 Å². The number of hydrogen-bond acceptors (Lipinski definition) is 5. The number of ether oxygens (including phenoxy) is 1. The Balaban J connectivity index is 2.38. The fourth-order valence-electron chi connectivity index (χ4n) is 4.32. The lowest BCUT2D eigenvalue weighted by atomic mass is 9.56. The van der Waals surface area contributed by atoms with Crippen LogP contribution in [0.5, 0.6) is 0 Å². The summed E-state index contributed by atoms with van der Waals surface area (Å²) in [5.74, 6) is -1.55. The number of halogens is 1. The van der Waals surface area contributed by atoms with Crippen molar-refractivity contribution in [1.29, 1.82) is 10.5 Å². The first-order valence-corrected chi connectivity index (χ1v) is 9.34. The average molecular weight is 382 g/mol. The Morgan fingerprint density at radius 2 is 2.15 bits per heavy atom. The number of rotatable bonds is 3. The second kappa shape index (κ2) is 7.47. The SMILES string of the molecule is CCOC(=O)[C@@]1(C#N)C(N)=C(C#N)C2=CCCC[C@H]2[C@@H]1c1ccccc1Cl. The lowest BCUT2D eigenvalue weighted by Gasteiger charge is -2.45. The molecule has 2 N–H and O–H groups in total. The van der Waals surface area contributed by atoms with Crippen LogP contribution in [-0.2, 0) is 9.53 Å². The van der Waals surface area contributed by atoms with E-state index < -0.39 is 17.3 Å². The molecule has 2 aliphatic carbocycles. The highest BCUT2D eigenvalue weighted by Gasteiger charge is 2.59. The number of carbonyl (C=O) groups excluding carboxylic acids is 1. The standard InChI is InChI=1S/C21H20ClN3O2/c1-2-27-20(26)21(12-24)18(15-9-5-6-10-17(15)22)14-8-4-3-7-13(14)16(11-23)19(21)25/h5-7,9-10,14,18H,2-4,8,25H2,1H3/t14-,18-,21-/m1/s1. The largest absolute Gasteiger partial charge is 0.464 e. The van der Waals surface area contributed by atoms with Crippen LogP contribution in [0, 0.1) is 34.0 Å². The minimum absolute atomic E-state index is 0.0414. The Morgan fingerprint density at radius 3 is 2.78 bits per heavy atom. The Morgan fingerprint density at radius 1 is 1.41 bits per heavy atom. The molecule has 1 aromatic carbocycles. The van der Waals surface area contributed by atoms with E-state index in [-0.39, 0.29) is 23.8 Å². The van der Waals surface area contributed by atoms with Gasteiger partial charge >= 0.3 is 5.97 Å². The van der Waals surface area contributed by atoms with E-state index in [1.54, 1.807) is 19.1 Å². The minimum Gasteiger partial charge on any atom is -0.464 e. The molecule has 0 aliphatic heterocycles. The average Bonchev–Trinajstić information content (AvgIpc) is 2.68. The molecule has 2 aliphatic rings. The van der Waals surface area contributed by atoms with Crippen LogP contribution < -0.4 is 5.73 Å². The number of hydrogen-bond donors (Lipinski definition) is 1. The quantitative estimate of drug-likeness (QED) is 0.798. The van der Waals surface area contributed by atoms with Crippen molar-refractivity contribution in [3.8, 4) is 12.1 Å². The number of esters is 1. The number of nitrogens with two attached hydrogens (primary N) is 1. The van der Waals surface area contributed by atoms with Gasteiger partial charge in [0, 0.05) is 10.9 Å². The van der Waals surface area contributed by atoms with Gasteiger partial charge in [-0.1, -0.05) is 35.9 Å². The summed E-state index contributed by atoms with van der Waals surface area (Å²) in [4.78, 5) is 13.1. The Hall–Kier alpha value is -2.76. The van der Waals surface area contributed by atoms with Gasteiger partial charge < -0.3 is 10.5 Å². The second-order valence-electron chi connectivity index (χ2n) is 6.74. The van der Waals surface area contributed by atoms with Crippen molar-refractivity contribution in [3.05, 3.63) is 57.8 Å². The third-order valence-electron chi connectivity index (χ3n) is 5.46. The van der Waals surface area contributed by atoms with Crippen LogP contribution in [0.1, 0.15) is 37.7 Å². The molecule has 0 saturated carbocycles. The Labute approximate surface area is 163 Å². The molecular weight excluding hydrogens is 362 g/mol. The van der Waals surface area contributed by atoms with E-state index in [9.17, 15) is 15.3 Å². The van der Waals surface area contributed by atoms with Gasteiger partial charge in [-0.3, -0.25) is 0 Å². The van der Waals surface area contributed by atoms with Gasteiger partial charge in [0.25, 0.3) is 0 Å². The van der Waals surface area contributed by atoms with Gasteiger partial charge in [0.05, 0.1) is 23.9 Å². The summed E-state index contributed by atoms with van der Waals surface area (Å²) in [6, 6.07) is 11.4. The fourth-order valence-corrected chi connectivity index (χ4v) is 4.57. The smallest absolute Gasteiger partial charge is 0.333 e. The first-order chi connectivity index (χ1) is 13.0. The van der Waals surface area contributed by atoms with Gasteiger partial charge in [0.15, 0.2) is 0 Å². The molecule has 3 rings (SSSR count). The highest BCUT2D eigenvalue weighted by atomic mass is 35.5. The van der Waals surface area contributed by atoms with Crippen LogP contribution in [-0.4, -0.2) is 12.6 Å². The fraction of sp³-hybridized carbons (Fsp3) is 0.381. The van der Waals surface area contributed by atoms with Crippen molar-refractivity contribution in [2.24, 2.45) is 17.1 Å². The highest BCUT2D eigenvalue weighted by molar-refractivity contribution is 6.31. The molecule has 6 heteroatoms. The van der Waals surface area contributed by atoms with Gasteiger partial charge in [-0.25, -0.2) is 4.79 Å². The predicted molar refractivity (Wildman–Crippen MR) is 101 cm³/mol. The molecule has 0 saturated heterocycles. The summed E-state index contributed by atoms with van der Waals surface area (Å²) in [5, 5.41) is 20.4. The molecule has 0 radical (unpaired) electrons. The van der Waals surface area contributed by atoms with Crippen LogP contribution >= 0.6 is 11.6 Å². The molecule has 0 fully saturated rings. The lowest BCUT2D eigenvalue weighted by Crippen LogP contribution is -2.49. The van der Waals surface area contributed by atoms with Gasteiger partial charge in [0.1, 0.15) is 6.07 Å². The maximum atomic E-state index is 13.1. The minimum atomic E-state index is -1.79. The van der Waals surface area contributed by atoms with E-state index in [1.165, 1.54) is 0 Å². The molecule has 0 bridgehead atoms. The van der Waals surface area contributed by atoms with E-state index >= 15 is 0 Å². The molecule has 0 amide bonds. The summed E-state index contributed by atoms with van der Waals surface area (Å²) in [5.41, 5.74) is 6.22. The summed E-state index contributed by atoms with van der Waals surface area (Å²) in [6.07, 6.45) is 4.47. The Kier molecular flexibility index (Phi) is 5.26. The van der Waals surface area contributed by atoms with Crippen LogP contribution in [0.4, 0.5) is 0 Å². The van der Waals surface area contributed by atoms with Crippen molar-refractivity contribution < 1.29 is 9.53 Å². The maximum absolute atomic E-state index is 13.1. The number of benzene rings is 1. The van der Waals surface area contributed by atoms with Crippen molar-refractivity contribution >= 4 is 17.6 Å². The molecule has 3 atom stereocenters. The van der Waals surface area contributed by atoms with E-state index in [1.807, 2.05) is 18.2 Å². The summed E-state index contributed by atoms with van der Waals surface area (Å²) < 4.78 is 5.26. The number of fused-ring (bicyclic) bond motifs is 1. The van der Waals surface area contributed by atoms with E-state index in [4.69, 9.17) is 22.1 Å². The monoisotopic (exact) mass is 381 g/mol. The molecule has 138 valence electrons. The van der Waals surface area contributed by atoms with Crippen molar-refractivity contribution in [3.63, 3.8) is 0 Å². The first kappa shape index (κ1) is 19.0. The zero-order valence-electron chi connectivity index (χ0n) is 15.0. The van der Waals surface area contributed by atoms with Crippen LogP contribution in [0.25, 0.3) is 0 Å². The number of allylic oxidation sites excluding steroid dienone is 3. The first-order valence-electron chi connectivity index (χ1n) is 8.96. The normalized spacial score (nSPS) is 27.0. The lowest BCUT2D eigenvalue weighted by molar-refractivity contribution is -0.152. The molecule has 27 heavy (non-hydrogen) atoms. The van der Waals surface area contributed by atoms with E-state index in [0.29, 0.717) is 10.6 Å². The molecule has 0 aromatic heterocycles. The van der Waals surface area contributed by atoms with Crippen LogP contribution in [0.2, 0.25) is 5.02 Å². The number of nitriles is 2. The maximum Gasteiger partial charge on any atom is 0.333 e. The third-order valence-corrected chi connectivity index (χ3v) is 5.80. The highest BCUT2D eigenvalue weighted by Crippen LogP contribution is 2.57. The predicted octanol–water partition coefficient (Wildman–Crippen LogP) is 3.97. The Bertz CT molecular complexity index is 922. The van der Waals surface area contributed by atoms with Crippen LogP contribution in [0.3, 0.4) is 0 Å². The number of nitrogens with zero attached hydrogens (tertiary/aromatic N) is 2. The molecular formula is C21H20ClN3O2. The van der Waals surface area contributed by atoms with Gasteiger partial charge in [-0.2, -0.15) is 10.5 Å². The van der Waals surface area contributed by atoms with Crippen molar-refractivity contribution in [2.45, 2.75) is 32.1 Å². The molecule has 0 heterocycles. The summed E-state index contributed by atoms with van der Waals surface area (Å²) >= 11 is 6.47. The van der Waals surface area contributed by atoms with Gasteiger partial charge in [-0.05, 0) is 49.3 Å².